The van der Waals surface area contributed by atoms with Gasteiger partial charge in [-0.1, -0.05) is 11.8 Å². The third kappa shape index (κ3) is 3.46. The Morgan fingerprint density at radius 3 is 2.86 bits per heavy atom. The van der Waals surface area contributed by atoms with Crippen molar-refractivity contribution in [1.82, 2.24) is 9.78 Å². The van der Waals surface area contributed by atoms with E-state index in [-0.39, 0.29) is 17.7 Å². The largest absolute Gasteiger partial charge is 0.320 e. The van der Waals surface area contributed by atoms with Crippen LogP contribution in [0.2, 0.25) is 0 Å². The van der Waals surface area contributed by atoms with Gasteiger partial charge in [0.15, 0.2) is 0 Å². The summed E-state index contributed by atoms with van der Waals surface area (Å²) in [5.74, 6) is 4.23. The summed E-state index contributed by atoms with van der Waals surface area (Å²) in [5, 5.41) is 6.81. The van der Waals surface area contributed by atoms with E-state index in [4.69, 9.17) is 5.73 Å². The van der Waals surface area contributed by atoms with Gasteiger partial charge >= 0.3 is 0 Å². The lowest BCUT2D eigenvalue weighted by molar-refractivity contribution is 0.102. The highest BCUT2D eigenvalue weighted by Gasteiger charge is 2.12. The van der Waals surface area contributed by atoms with Crippen molar-refractivity contribution in [3.8, 4) is 11.8 Å². The maximum Gasteiger partial charge on any atom is 0.255 e. The van der Waals surface area contributed by atoms with E-state index < -0.39 is 11.7 Å². The second-order valence-corrected chi connectivity index (χ2v) is 4.46. The van der Waals surface area contributed by atoms with E-state index >= 15 is 0 Å². The Hall–Kier alpha value is -2.65. The van der Waals surface area contributed by atoms with Crippen molar-refractivity contribution in [3.63, 3.8) is 0 Å². The molecule has 0 aliphatic rings. The van der Waals surface area contributed by atoms with Gasteiger partial charge in [-0.05, 0) is 25.1 Å². The van der Waals surface area contributed by atoms with Gasteiger partial charge in [-0.25, -0.2) is 4.39 Å². The van der Waals surface area contributed by atoms with Crippen LogP contribution >= 0.6 is 0 Å². The van der Waals surface area contributed by atoms with E-state index in [0.29, 0.717) is 11.4 Å². The van der Waals surface area contributed by atoms with Gasteiger partial charge in [0.05, 0.1) is 23.5 Å². The summed E-state index contributed by atoms with van der Waals surface area (Å²) in [6.07, 6.45) is 1.69. The summed E-state index contributed by atoms with van der Waals surface area (Å²) in [6.45, 7) is 1.93. The van der Waals surface area contributed by atoms with Crippen molar-refractivity contribution < 1.29 is 9.18 Å². The molecule has 0 unspecified atom stereocenters. The van der Waals surface area contributed by atoms with Crippen molar-refractivity contribution in [2.75, 3.05) is 11.9 Å². The van der Waals surface area contributed by atoms with Gasteiger partial charge in [-0.2, -0.15) is 5.10 Å². The topological polar surface area (TPSA) is 72.9 Å². The molecule has 3 N–H and O–H groups in total. The lowest BCUT2D eigenvalue weighted by Gasteiger charge is -2.04. The maximum absolute atomic E-state index is 13.8. The summed E-state index contributed by atoms with van der Waals surface area (Å²) >= 11 is 0. The molecular weight excluding hydrogens is 271 g/mol. The summed E-state index contributed by atoms with van der Waals surface area (Å²) in [4.78, 5) is 12.1. The standard InChI is InChI=1S/C15H15FN4O/c1-10-14(9-20(2)19-10)18-15(21)12-6-5-11(4-3-7-17)13(16)8-12/h5-6,8-9H,7,17H2,1-2H3,(H,18,21). The molecule has 6 heteroatoms. The zero-order valence-corrected chi connectivity index (χ0v) is 11.8. The van der Waals surface area contributed by atoms with E-state index in [0.717, 1.165) is 6.07 Å². The molecule has 0 saturated carbocycles. The number of carbonyl (C=O) groups is 1. The Morgan fingerprint density at radius 1 is 1.52 bits per heavy atom. The van der Waals surface area contributed by atoms with Crippen LogP contribution < -0.4 is 11.1 Å². The number of hydrogen-bond donors (Lipinski definition) is 2. The molecule has 1 amide bonds. The Balaban J connectivity index is 2.20. The number of carbonyl (C=O) groups excluding carboxylic acids is 1. The molecule has 1 aromatic heterocycles. The maximum atomic E-state index is 13.8. The quantitative estimate of drug-likeness (QED) is 0.820. The minimum atomic E-state index is -0.550. The van der Waals surface area contributed by atoms with E-state index in [1.54, 1.807) is 24.9 Å². The van der Waals surface area contributed by atoms with Crippen LogP contribution in [-0.2, 0) is 7.05 Å². The van der Waals surface area contributed by atoms with Crippen LogP contribution in [0.5, 0.6) is 0 Å². The highest BCUT2D eigenvalue weighted by atomic mass is 19.1. The number of rotatable bonds is 2. The summed E-state index contributed by atoms with van der Waals surface area (Å²) in [5.41, 5.74) is 6.96. The summed E-state index contributed by atoms with van der Waals surface area (Å²) in [7, 11) is 1.76. The number of amides is 1. The predicted molar refractivity (Wildman–Crippen MR) is 78.2 cm³/mol. The van der Waals surface area contributed by atoms with Gasteiger partial charge in [0.2, 0.25) is 0 Å². The second-order valence-electron chi connectivity index (χ2n) is 4.46. The fraction of sp³-hybridized carbons (Fsp3) is 0.200. The number of aromatic nitrogens is 2. The lowest BCUT2D eigenvalue weighted by atomic mass is 10.1. The number of aryl methyl sites for hydroxylation is 2. The first-order chi connectivity index (χ1) is 10.0. The van der Waals surface area contributed by atoms with Crippen LogP contribution in [0.3, 0.4) is 0 Å². The van der Waals surface area contributed by atoms with Crippen LogP contribution in [0.25, 0.3) is 0 Å². The number of halogens is 1. The van der Waals surface area contributed by atoms with Gasteiger partial charge in [-0.3, -0.25) is 9.48 Å². The van der Waals surface area contributed by atoms with Crippen molar-refractivity contribution in [1.29, 1.82) is 0 Å². The number of benzene rings is 1. The average molecular weight is 286 g/mol. The summed E-state index contributed by atoms with van der Waals surface area (Å²) in [6, 6.07) is 4.13. The molecule has 0 aliphatic carbocycles. The van der Waals surface area contributed by atoms with E-state index in [1.165, 1.54) is 12.1 Å². The highest BCUT2D eigenvalue weighted by Crippen LogP contribution is 2.15. The molecule has 0 saturated heterocycles. The zero-order valence-electron chi connectivity index (χ0n) is 11.8. The molecular formula is C15H15FN4O. The molecule has 2 rings (SSSR count). The van der Waals surface area contributed by atoms with Crippen LogP contribution in [0.1, 0.15) is 21.6 Å². The van der Waals surface area contributed by atoms with Crippen molar-refractivity contribution >= 4 is 11.6 Å². The van der Waals surface area contributed by atoms with E-state index in [1.807, 2.05) is 0 Å². The molecule has 2 aromatic rings. The molecule has 0 fully saturated rings. The first kappa shape index (κ1) is 14.8. The Morgan fingerprint density at radius 2 is 2.29 bits per heavy atom. The Kier molecular flexibility index (Phi) is 4.36. The first-order valence-corrected chi connectivity index (χ1v) is 6.31. The minimum absolute atomic E-state index is 0.155. The number of nitrogens with two attached hydrogens (primary N) is 1. The van der Waals surface area contributed by atoms with Gasteiger partial charge < -0.3 is 11.1 Å². The van der Waals surface area contributed by atoms with Gasteiger partial charge in [0.1, 0.15) is 5.82 Å². The molecule has 1 heterocycles. The fourth-order valence-corrected chi connectivity index (χ4v) is 1.82. The third-order valence-electron chi connectivity index (χ3n) is 2.82. The van der Waals surface area contributed by atoms with Crippen molar-refractivity contribution in [2.24, 2.45) is 12.8 Å². The van der Waals surface area contributed by atoms with Crippen molar-refractivity contribution in [3.05, 3.63) is 47.0 Å². The van der Waals surface area contributed by atoms with Crippen LogP contribution in [0, 0.1) is 24.6 Å². The van der Waals surface area contributed by atoms with Crippen LogP contribution in [-0.4, -0.2) is 22.2 Å². The van der Waals surface area contributed by atoms with E-state index in [9.17, 15) is 9.18 Å². The molecule has 5 nitrogen and oxygen atoms in total. The number of nitrogens with one attached hydrogen (secondary N) is 1. The molecule has 0 bridgehead atoms. The Labute approximate surface area is 122 Å². The van der Waals surface area contributed by atoms with Gasteiger partial charge in [0.25, 0.3) is 5.91 Å². The smallest absolute Gasteiger partial charge is 0.255 e. The van der Waals surface area contributed by atoms with E-state index in [2.05, 4.69) is 22.3 Å². The molecule has 0 radical (unpaired) electrons. The van der Waals surface area contributed by atoms with Crippen LogP contribution in [0.15, 0.2) is 24.4 Å². The predicted octanol–water partition coefficient (Wildman–Crippen LogP) is 1.43. The molecule has 0 aliphatic heterocycles. The molecule has 0 atom stereocenters. The van der Waals surface area contributed by atoms with Crippen LogP contribution in [0.4, 0.5) is 10.1 Å². The third-order valence-corrected chi connectivity index (χ3v) is 2.82. The number of hydrogen-bond acceptors (Lipinski definition) is 3. The fourth-order valence-electron chi connectivity index (χ4n) is 1.82. The monoisotopic (exact) mass is 286 g/mol. The molecule has 0 spiro atoms. The van der Waals surface area contributed by atoms with Gasteiger partial charge in [0, 0.05) is 18.8 Å². The zero-order chi connectivity index (χ0) is 15.4. The normalized spacial score (nSPS) is 9.90. The average Bonchev–Trinajstić information content (AvgIpc) is 2.75. The number of nitrogens with zero attached hydrogens (tertiary/aromatic N) is 2. The minimum Gasteiger partial charge on any atom is -0.320 e. The van der Waals surface area contributed by atoms with Gasteiger partial charge in [-0.15, -0.1) is 0 Å². The number of anilines is 1. The highest BCUT2D eigenvalue weighted by molar-refractivity contribution is 6.04. The lowest BCUT2D eigenvalue weighted by Crippen LogP contribution is -2.12. The molecule has 1 aromatic carbocycles. The first-order valence-electron chi connectivity index (χ1n) is 6.31. The second kappa shape index (κ2) is 6.20. The Bertz CT molecular complexity index is 740. The van der Waals surface area contributed by atoms with Crippen molar-refractivity contribution in [2.45, 2.75) is 6.92 Å². The molecule has 21 heavy (non-hydrogen) atoms. The molecule has 108 valence electrons. The SMILES string of the molecule is Cc1nn(C)cc1NC(=O)c1ccc(C#CCN)c(F)c1. The summed E-state index contributed by atoms with van der Waals surface area (Å²) < 4.78 is 15.4.